The summed E-state index contributed by atoms with van der Waals surface area (Å²) in [5.41, 5.74) is 3.32. The van der Waals surface area contributed by atoms with Gasteiger partial charge in [-0.1, -0.05) is 57.2 Å². The van der Waals surface area contributed by atoms with Crippen LogP contribution in [0.5, 0.6) is 11.5 Å². The van der Waals surface area contributed by atoms with Gasteiger partial charge in [0.15, 0.2) is 0 Å². The van der Waals surface area contributed by atoms with Crippen LogP contribution in [0.15, 0.2) is 66.7 Å². The molecule has 9 heteroatoms. The van der Waals surface area contributed by atoms with E-state index in [1.165, 1.54) is 0 Å². The maximum absolute atomic E-state index is 13.6. The first-order valence-electron chi connectivity index (χ1n) is 12.2. The average molecular weight is 539 g/mol. The smallest absolute Gasteiger partial charge is 0.262 e. The third kappa shape index (κ3) is 5.99. The van der Waals surface area contributed by atoms with Gasteiger partial charge in [0.25, 0.3) is 14.2 Å². The number of hydrogen-bond acceptors (Lipinski definition) is 5. The van der Waals surface area contributed by atoms with Gasteiger partial charge in [-0.2, -0.15) is 0 Å². The summed E-state index contributed by atoms with van der Waals surface area (Å²) in [4.78, 5) is 15.2. The maximum Gasteiger partial charge on any atom is 0.262 e. The lowest BCUT2D eigenvalue weighted by atomic mass is 10.0. The first-order chi connectivity index (χ1) is 17.2. The van der Waals surface area contributed by atoms with Crippen LogP contribution in [-0.2, 0) is 10.0 Å². The Hall–Kier alpha value is -3.30. The van der Waals surface area contributed by atoms with Gasteiger partial charge in [-0.05, 0) is 59.6 Å². The van der Waals surface area contributed by atoms with Gasteiger partial charge in [0.05, 0.1) is 24.1 Å². The molecular weight excluding hydrogens is 504 g/mol. The molecule has 0 spiro atoms. The Morgan fingerprint density at radius 3 is 2.32 bits per heavy atom. The van der Waals surface area contributed by atoms with E-state index < -0.39 is 18.3 Å². The minimum Gasteiger partial charge on any atom is -0.542 e. The molecule has 1 aliphatic rings. The molecule has 0 aliphatic carbocycles. The van der Waals surface area contributed by atoms with Gasteiger partial charge in [0.1, 0.15) is 18.1 Å². The van der Waals surface area contributed by atoms with Crippen LogP contribution in [0.1, 0.15) is 31.1 Å². The third-order valence-corrected chi connectivity index (χ3v) is 11.8. The van der Waals surface area contributed by atoms with Crippen molar-refractivity contribution in [3.63, 3.8) is 0 Å². The van der Waals surface area contributed by atoms with Crippen molar-refractivity contribution in [1.82, 2.24) is 0 Å². The van der Waals surface area contributed by atoms with E-state index in [0.717, 1.165) is 17.4 Å². The molecule has 3 aromatic carbocycles. The number of benzene rings is 3. The number of rotatable bonds is 6. The molecule has 0 fully saturated rings. The van der Waals surface area contributed by atoms with Gasteiger partial charge in [-0.3, -0.25) is 9.52 Å². The lowest BCUT2D eigenvalue weighted by Crippen LogP contribution is -2.44. The standard InChI is InChI=1S/C28H34N2O5SSi/c1-28(2,3)37(5,6)35-25-15-13-22(19-24(25)29-36(4,32)33)30-16-17-34-26-18-21(12-14-23(26)27(30)31)20-10-8-7-9-11-20/h7-15,18-19,29H,16-17H2,1-6H3. The van der Waals surface area contributed by atoms with Gasteiger partial charge in [-0.25, -0.2) is 8.42 Å². The number of carbonyl (C=O) groups excluding carboxylic acids is 1. The second-order valence-electron chi connectivity index (χ2n) is 10.8. The van der Waals surface area contributed by atoms with Crippen molar-refractivity contribution in [1.29, 1.82) is 0 Å². The van der Waals surface area contributed by atoms with Crippen LogP contribution >= 0.6 is 0 Å². The molecule has 0 bridgehead atoms. The Kier molecular flexibility index (Phi) is 7.13. The van der Waals surface area contributed by atoms with Crippen LogP contribution < -0.4 is 18.8 Å². The average Bonchev–Trinajstić information content (AvgIpc) is 2.97. The second kappa shape index (κ2) is 9.87. The molecule has 0 atom stereocenters. The number of ether oxygens (including phenoxy) is 1. The van der Waals surface area contributed by atoms with Crippen molar-refractivity contribution >= 4 is 35.6 Å². The number of anilines is 2. The van der Waals surface area contributed by atoms with Crippen LogP contribution in [0.3, 0.4) is 0 Å². The number of hydrogen-bond donors (Lipinski definition) is 1. The molecule has 37 heavy (non-hydrogen) atoms. The number of fused-ring (bicyclic) bond motifs is 1. The number of carbonyl (C=O) groups is 1. The third-order valence-electron chi connectivity index (χ3n) is 6.88. The predicted octanol–water partition coefficient (Wildman–Crippen LogP) is 6.15. The summed E-state index contributed by atoms with van der Waals surface area (Å²) in [6.45, 7) is 11.2. The first-order valence-corrected chi connectivity index (χ1v) is 17.0. The quantitative estimate of drug-likeness (QED) is 0.381. The minimum absolute atomic E-state index is 0.0750. The highest BCUT2D eigenvalue weighted by Gasteiger charge is 2.39. The van der Waals surface area contributed by atoms with Gasteiger partial charge < -0.3 is 14.1 Å². The Labute approximate surface area is 220 Å². The van der Waals surface area contributed by atoms with Crippen LogP contribution in [0.25, 0.3) is 11.1 Å². The van der Waals surface area contributed by atoms with Crippen molar-refractivity contribution in [3.05, 3.63) is 72.3 Å². The van der Waals surface area contributed by atoms with E-state index in [-0.39, 0.29) is 10.9 Å². The van der Waals surface area contributed by atoms with E-state index in [0.29, 0.717) is 41.6 Å². The van der Waals surface area contributed by atoms with Crippen molar-refractivity contribution in [2.75, 3.05) is 29.0 Å². The highest BCUT2D eigenvalue weighted by atomic mass is 32.2. The fraction of sp³-hybridized carbons (Fsp3) is 0.321. The summed E-state index contributed by atoms with van der Waals surface area (Å²) in [5.74, 6) is 0.767. The molecule has 196 valence electrons. The summed E-state index contributed by atoms with van der Waals surface area (Å²) >= 11 is 0. The fourth-order valence-electron chi connectivity index (χ4n) is 3.85. The fourth-order valence-corrected chi connectivity index (χ4v) is 5.44. The Bertz CT molecular complexity index is 1420. The molecule has 0 saturated carbocycles. The Morgan fingerprint density at radius 1 is 0.973 bits per heavy atom. The van der Waals surface area contributed by atoms with Gasteiger partial charge >= 0.3 is 0 Å². The van der Waals surface area contributed by atoms with Crippen LogP contribution in [0.4, 0.5) is 11.4 Å². The summed E-state index contributed by atoms with van der Waals surface area (Å²) in [6, 6.07) is 20.7. The molecule has 0 radical (unpaired) electrons. The maximum atomic E-state index is 13.6. The monoisotopic (exact) mass is 538 g/mol. The van der Waals surface area contributed by atoms with Crippen molar-refractivity contribution in [2.45, 2.75) is 38.9 Å². The Morgan fingerprint density at radius 2 is 1.68 bits per heavy atom. The molecule has 7 nitrogen and oxygen atoms in total. The minimum atomic E-state index is -3.58. The number of sulfonamides is 1. The van der Waals surface area contributed by atoms with Gasteiger partial charge in [0.2, 0.25) is 10.0 Å². The van der Waals surface area contributed by atoms with E-state index in [9.17, 15) is 13.2 Å². The van der Waals surface area contributed by atoms with Crippen LogP contribution in [-0.4, -0.2) is 42.0 Å². The highest BCUT2D eigenvalue weighted by molar-refractivity contribution is 7.92. The normalized spacial score (nSPS) is 14.4. The van der Waals surface area contributed by atoms with Crippen molar-refractivity contribution < 1.29 is 22.4 Å². The SMILES string of the molecule is CC(C)(C)[Si](C)(C)Oc1ccc(N2CCOc3cc(-c4ccccc4)ccc3C2=O)cc1NS(C)(=O)=O. The topological polar surface area (TPSA) is 84.9 Å². The molecule has 1 amide bonds. The number of amides is 1. The zero-order valence-corrected chi connectivity index (χ0v) is 24.0. The molecule has 3 aromatic rings. The highest BCUT2D eigenvalue weighted by Crippen LogP contribution is 2.41. The molecule has 0 aromatic heterocycles. The predicted molar refractivity (Wildman–Crippen MR) is 152 cm³/mol. The number of nitrogens with one attached hydrogen (secondary N) is 1. The lowest BCUT2D eigenvalue weighted by molar-refractivity contribution is 0.0990. The number of nitrogens with zero attached hydrogens (tertiary/aromatic N) is 1. The molecule has 0 saturated heterocycles. The van der Waals surface area contributed by atoms with E-state index in [1.54, 1.807) is 29.2 Å². The molecule has 1 aliphatic heterocycles. The first kappa shape index (κ1) is 26.8. The van der Waals surface area contributed by atoms with Crippen molar-refractivity contribution in [3.8, 4) is 22.6 Å². The van der Waals surface area contributed by atoms with Gasteiger partial charge in [-0.15, -0.1) is 0 Å². The van der Waals surface area contributed by atoms with E-state index in [2.05, 4.69) is 38.6 Å². The van der Waals surface area contributed by atoms with E-state index >= 15 is 0 Å². The molecule has 4 rings (SSSR count). The molecule has 1 N–H and O–H groups in total. The molecular formula is C28H34N2O5SSi. The zero-order chi connectivity index (χ0) is 27.0. The Balaban J connectivity index is 1.70. The summed E-state index contributed by atoms with van der Waals surface area (Å²) in [6.07, 6.45) is 1.10. The second-order valence-corrected chi connectivity index (χ2v) is 17.3. The molecule has 1 heterocycles. The lowest BCUT2D eigenvalue weighted by Gasteiger charge is -2.37. The summed E-state index contributed by atoms with van der Waals surface area (Å²) in [5, 5.41) is -0.0750. The molecule has 0 unspecified atom stereocenters. The zero-order valence-electron chi connectivity index (χ0n) is 22.2. The van der Waals surface area contributed by atoms with E-state index in [1.807, 2.05) is 42.5 Å². The summed E-state index contributed by atoms with van der Waals surface area (Å²) < 4.78 is 39.3. The van der Waals surface area contributed by atoms with Crippen molar-refractivity contribution in [2.24, 2.45) is 0 Å². The summed E-state index contributed by atoms with van der Waals surface area (Å²) in [7, 11) is -5.83. The van der Waals surface area contributed by atoms with Gasteiger partial charge in [0, 0.05) is 5.69 Å². The van der Waals surface area contributed by atoms with Crippen LogP contribution in [0, 0.1) is 0 Å². The van der Waals surface area contributed by atoms with E-state index in [4.69, 9.17) is 9.16 Å². The largest absolute Gasteiger partial charge is 0.542 e. The van der Waals surface area contributed by atoms with Crippen LogP contribution in [0.2, 0.25) is 18.1 Å².